The first-order valence-corrected chi connectivity index (χ1v) is 7.79. The van der Waals surface area contributed by atoms with Gasteiger partial charge in [-0.05, 0) is 12.3 Å². The molecule has 1 unspecified atom stereocenters. The molecule has 3 aliphatic rings. The molecule has 1 aromatic heterocycles. The SMILES string of the molecule is O=C(Cn1nc(C(F)(F)F)c2c1C(F)(F)[C@@H]1C[C@H]21)ON1C(=O)CCC1O. The number of hydroxylamine groups is 2. The molecule has 0 spiro atoms. The van der Waals surface area contributed by atoms with Crippen molar-refractivity contribution in [2.24, 2.45) is 5.92 Å². The highest BCUT2D eigenvalue weighted by molar-refractivity contribution is 5.79. The predicted octanol–water partition coefficient (Wildman–Crippen LogP) is 1.51. The number of fused-ring (bicyclic) bond motifs is 3. The summed E-state index contributed by atoms with van der Waals surface area (Å²) in [6, 6.07) is 0. The third-order valence-electron chi connectivity index (χ3n) is 4.81. The monoisotopic (exact) mass is 381 g/mol. The highest BCUT2D eigenvalue weighted by Crippen LogP contribution is 2.68. The van der Waals surface area contributed by atoms with Gasteiger partial charge in [-0.3, -0.25) is 9.48 Å². The number of aromatic nitrogens is 2. The van der Waals surface area contributed by atoms with E-state index in [9.17, 15) is 36.6 Å². The molecule has 0 bridgehead atoms. The van der Waals surface area contributed by atoms with Gasteiger partial charge in [-0.2, -0.15) is 27.1 Å². The molecule has 2 aliphatic carbocycles. The van der Waals surface area contributed by atoms with Crippen molar-refractivity contribution in [1.29, 1.82) is 0 Å². The number of nitrogens with zero attached hydrogens (tertiary/aromatic N) is 3. The molecule has 1 aliphatic heterocycles. The van der Waals surface area contributed by atoms with Gasteiger partial charge in [-0.15, -0.1) is 5.06 Å². The summed E-state index contributed by atoms with van der Waals surface area (Å²) in [6.07, 6.45) is -6.44. The van der Waals surface area contributed by atoms with Crippen LogP contribution in [-0.4, -0.2) is 38.1 Å². The molecule has 142 valence electrons. The van der Waals surface area contributed by atoms with Crippen LogP contribution in [0, 0.1) is 5.92 Å². The van der Waals surface area contributed by atoms with Crippen LogP contribution in [-0.2, 0) is 33.1 Å². The Bertz CT molecular complexity index is 805. The molecule has 12 heteroatoms. The van der Waals surface area contributed by atoms with Crippen LogP contribution in [0.1, 0.15) is 42.1 Å². The number of carbonyl (C=O) groups excluding carboxylic acids is 2. The van der Waals surface area contributed by atoms with Crippen LogP contribution < -0.4 is 0 Å². The van der Waals surface area contributed by atoms with Crippen LogP contribution in [0.4, 0.5) is 22.0 Å². The van der Waals surface area contributed by atoms with Crippen molar-refractivity contribution in [3.8, 4) is 0 Å². The molecular weight excluding hydrogens is 369 g/mol. The van der Waals surface area contributed by atoms with Crippen molar-refractivity contribution in [2.45, 2.75) is 50.1 Å². The normalized spacial score (nSPS) is 28.9. The van der Waals surface area contributed by atoms with Gasteiger partial charge in [0.15, 0.2) is 11.9 Å². The first-order valence-electron chi connectivity index (χ1n) is 7.79. The molecular formula is C14H12F5N3O4. The van der Waals surface area contributed by atoms with Crippen LogP contribution in [0.3, 0.4) is 0 Å². The van der Waals surface area contributed by atoms with E-state index < -0.39 is 65.5 Å². The van der Waals surface area contributed by atoms with Gasteiger partial charge in [0.05, 0.1) is 0 Å². The van der Waals surface area contributed by atoms with E-state index in [0.29, 0.717) is 9.75 Å². The van der Waals surface area contributed by atoms with Crippen LogP contribution in [0.15, 0.2) is 0 Å². The Morgan fingerprint density at radius 1 is 1.38 bits per heavy atom. The Labute approximate surface area is 142 Å². The summed E-state index contributed by atoms with van der Waals surface area (Å²) in [5, 5.41) is 13.1. The fourth-order valence-electron chi connectivity index (χ4n) is 3.61. The summed E-state index contributed by atoms with van der Waals surface area (Å²) in [5.41, 5.74) is -2.93. The number of amides is 1. The molecule has 2 fully saturated rings. The fourth-order valence-corrected chi connectivity index (χ4v) is 3.61. The first kappa shape index (κ1) is 17.2. The lowest BCUT2D eigenvalue weighted by atomic mass is 10.1. The molecule has 1 aromatic rings. The zero-order valence-electron chi connectivity index (χ0n) is 13.0. The molecule has 2 heterocycles. The third-order valence-corrected chi connectivity index (χ3v) is 4.81. The van der Waals surface area contributed by atoms with E-state index in [1.807, 2.05) is 0 Å². The van der Waals surface area contributed by atoms with Gasteiger partial charge in [-0.1, -0.05) is 0 Å². The minimum absolute atomic E-state index is 0.0168. The van der Waals surface area contributed by atoms with E-state index in [-0.39, 0.29) is 19.3 Å². The van der Waals surface area contributed by atoms with Crippen molar-refractivity contribution in [1.82, 2.24) is 14.8 Å². The van der Waals surface area contributed by atoms with Crippen molar-refractivity contribution < 1.29 is 41.5 Å². The second-order valence-corrected chi connectivity index (χ2v) is 6.54. The van der Waals surface area contributed by atoms with E-state index in [0.717, 1.165) is 0 Å². The summed E-state index contributed by atoms with van der Waals surface area (Å²) in [5.74, 6) is -7.65. The Hall–Kier alpha value is -2.24. The summed E-state index contributed by atoms with van der Waals surface area (Å²) in [6.45, 7) is -1.04. The molecule has 0 radical (unpaired) electrons. The number of halogens is 5. The molecule has 0 aromatic carbocycles. The average Bonchev–Trinajstić information content (AvgIpc) is 3.08. The van der Waals surface area contributed by atoms with Gasteiger partial charge in [0.1, 0.15) is 12.2 Å². The summed E-state index contributed by atoms with van der Waals surface area (Å²) in [4.78, 5) is 28.0. The number of aliphatic hydroxyl groups is 1. The fraction of sp³-hybridized carbons (Fsp3) is 0.643. The minimum Gasteiger partial charge on any atom is -0.370 e. The van der Waals surface area contributed by atoms with Crippen LogP contribution in [0.5, 0.6) is 0 Å². The predicted molar refractivity (Wildman–Crippen MR) is 70.1 cm³/mol. The lowest BCUT2D eigenvalue weighted by Gasteiger charge is -2.19. The molecule has 7 nitrogen and oxygen atoms in total. The summed E-state index contributed by atoms with van der Waals surface area (Å²) < 4.78 is 68.4. The largest absolute Gasteiger partial charge is 0.435 e. The average molecular weight is 381 g/mol. The molecule has 1 saturated carbocycles. The Kier molecular flexibility index (Phi) is 3.40. The number of hydrogen-bond donors (Lipinski definition) is 1. The lowest BCUT2D eigenvalue weighted by Crippen LogP contribution is -2.36. The Balaban J connectivity index is 1.63. The molecule has 3 atom stereocenters. The highest BCUT2D eigenvalue weighted by atomic mass is 19.4. The Morgan fingerprint density at radius 3 is 2.65 bits per heavy atom. The van der Waals surface area contributed by atoms with Crippen LogP contribution in [0.2, 0.25) is 0 Å². The second-order valence-electron chi connectivity index (χ2n) is 6.54. The quantitative estimate of drug-likeness (QED) is 0.803. The van der Waals surface area contributed by atoms with Gasteiger partial charge < -0.3 is 9.94 Å². The molecule has 1 saturated heterocycles. The minimum atomic E-state index is -4.94. The van der Waals surface area contributed by atoms with Gasteiger partial charge in [0.2, 0.25) is 0 Å². The second kappa shape index (κ2) is 5.15. The number of hydrogen-bond acceptors (Lipinski definition) is 5. The molecule has 4 rings (SSSR count). The van der Waals surface area contributed by atoms with Gasteiger partial charge >= 0.3 is 12.1 Å². The first-order chi connectivity index (χ1) is 12.0. The molecule has 1 amide bonds. The highest BCUT2D eigenvalue weighted by Gasteiger charge is 2.68. The van der Waals surface area contributed by atoms with Gasteiger partial charge in [0.25, 0.3) is 11.8 Å². The van der Waals surface area contributed by atoms with Crippen molar-refractivity contribution >= 4 is 11.9 Å². The number of rotatable bonds is 3. The molecule has 1 N–H and O–H groups in total. The van der Waals surface area contributed by atoms with Crippen LogP contribution >= 0.6 is 0 Å². The van der Waals surface area contributed by atoms with E-state index >= 15 is 0 Å². The van der Waals surface area contributed by atoms with E-state index in [4.69, 9.17) is 0 Å². The third kappa shape index (κ3) is 2.38. The van der Waals surface area contributed by atoms with Gasteiger partial charge in [0, 0.05) is 24.3 Å². The lowest BCUT2D eigenvalue weighted by molar-refractivity contribution is -0.221. The maximum Gasteiger partial charge on any atom is 0.435 e. The maximum atomic E-state index is 14.3. The standard InChI is InChI=1S/C14H12F5N3O4/c15-13(16)6-3-5(6)10-11(14(17,18)19)20-21(12(10)13)4-9(25)26-22-7(23)1-2-8(22)24/h5-7,23H,1-4H2/t5-,6+,7?/m0/s1. The zero-order chi connectivity index (χ0) is 19.0. The van der Waals surface area contributed by atoms with E-state index in [1.54, 1.807) is 0 Å². The van der Waals surface area contributed by atoms with E-state index in [2.05, 4.69) is 9.94 Å². The Morgan fingerprint density at radius 2 is 2.08 bits per heavy atom. The topological polar surface area (TPSA) is 84.7 Å². The maximum absolute atomic E-state index is 14.3. The van der Waals surface area contributed by atoms with Crippen LogP contribution in [0.25, 0.3) is 0 Å². The summed E-state index contributed by atoms with van der Waals surface area (Å²) in [7, 11) is 0. The van der Waals surface area contributed by atoms with E-state index in [1.165, 1.54) is 0 Å². The number of aliphatic hydroxyl groups excluding tert-OH is 1. The zero-order valence-corrected chi connectivity index (χ0v) is 13.0. The van der Waals surface area contributed by atoms with Crippen molar-refractivity contribution in [3.63, 3.8) is 0 Å². The van der Waals surface area contributed by atoms with Gasteiger partial charge in [-0.25, -0.2) is 4.79 Å². The molecule has 26 heavy (non-hydrogen) atoms. The van der Waals surface area contributed by atoms with Crippen molar-refractivity contribution in [3.05, 3.63) is 17.0 Å². The number of carbonyl (C=O) groups is 2. The summed E-state index contributed by atoms with van der Waals surface area (Å²) >= 11 is 0. The number of alkyl halides is 5. The smallest absolute Gasteiger partial charge is 0.370 e. The van der Waals surface area contributed by atoms with Crippen molar-refractivity contribution in [2.75, 3.05) is 0 Å².